The van der Waals surface area contributed by atoms with Gasteiger partial charge in [0.15, 0.2) is 5.58 Å². The number of hydrogen-bond acceptors (Lipinski definition) is 2. The van der Waals surface area contributed by atoms with Crippen molar-refractivity contribution in [2.24, 2.45) is 0 Å². The summed E-state index contributed by atoms with van der Waals surface area (Å²) in [4.78, 5) is 12.6. The van der Waals surface area contributed by atoms with Gasteiger partial charge in [-0.3, -0.25) is 4.79 Å². The summed E-state index contributed by atoms with van der Waals surface area (Å²) in [5.74, 6) is -1.57. The molecule has 3 aromatic rings. The minimum absolute atomic E-state index is 0.0992. The Morgan fingerprint density at radius 3 is 2.62 bits per heavy atom. The molecule has 1 amide bonds. The molecule has 24 heavy (non-hydrogen) atoms. The van der Waals surface area contributed by atoms with Crippen LogP contribution in [0, 0.1) is 11.6 Å². The first-order chi connectivity index (χ1) is 11.2. The van der Waals surface area contributed by atoms with Crippen LogP contribution in [0.25, 0.3) is 11.1 Å². The molecule has 0 atom stereocenters. The number of fused-ring (bicyclic) bond motifs is 1. The minimum Gasteiger partial charge on any atom is -0.463 e. The van der Waals surface area contributed by atoms with Crippen LogP contribution < -0.4 is 5.32 Å². The Hall–Kier alpha value is -2.63. The lowest BCUT2D eigenvalue weighted by Crippen LogP contribution is -2.41. The van der Waals surface area contributed by atoms with Gasteiger partial charge in [-0.1, -0.05) is 6.07 Å². The zero-order chi connectivity index (χ0) is 17.5. The lowest BCUT2D eigenvalue weighted by Gasteiger charge is -2.21. The van der Waals surface area contributed by atoms with Crippen molar-refractivity contribution >= 4 is 17.0 Å². The highest BCUT2D eigenvalue weighted by molar-refractivity contribution is 5.97. The van der Waals surface area contributed by atoms with Gasteiger partial charge in [-0.15, -0.1) is 0 Å². The Balaban J connectivity index is 2.03. The molecule has 126 valence electrons. The minimum atomic E-state index is -0.650. The topological polar surface area (TPSA) is 47.2 Å². The number of rotatable bonds is 3. The normalized spacial score (nSPS) is 11.9. The number of aromatic nitrogens is 1. The fourth-order valence-electron chi connectivity index (χ4n) is 2.56. The molecular formula is C18H18F2N2O2. The average molecular weight is 332 g/mol. The van der Waals surface area contributed by atoms with Crippen LogP contribution in [0.5, 0.6) is 0 Å². The number of amides is 1. The average Bonchev–Trinajstić information content (AvgIpc) is 3.02. The van der Waals surface area contributed by atoms with Crippen LogP contribution in [0.3, 0.4) is 0 Å². The number of benzene rings is 1. The monoisotopic (exact) mass is 332 g/mol. The predicted molar refractivity (Wildman–Crippen MR) is 86.9 cm³/mol. The molecule has 3 rings (SSSR count). The largest absolute Gasteiger partial charge is 0.463 e. The van der Waals surface area contributed by atoms with Crippen molar-refractivity contribution in [1.82, 2.24) is 9.88 Å². The molecule has 0 saturated heterocycles. The highest BCUT2D eigenvalue weighted by Crippen LogP contribution is 2.24. The number of halogens is 2. The van der Waals surface area contributed by atoms with Crippen molar-refractivity contribution in [1.29, 1.82) is 0 Å². The van der Waals surface area contributed by atoms with Gasteiger partial charge in [0, 0.05) is 29.3 Å². The molecule has 1 N–H and O–H groups in total. The maximum atomic E-state index is 14.0. The van der Waals surface area contributed by atoms with E-state index in [0.717, 1.165) is 6.07 Å². The van der Waals surface area contributed by atoms with E-state index in [1.165, 1.54) is 18.4 Å². The molecule has 0 radical (unpaired) electrons. The molecule has 0 aliphatic rings. The van der Waals surface area contributed by atoms with Crippen LogP contribution in [-0.4, -0.2) is 16.0 Å². The fraction of sp³-hybridized carbons (Fsp3) is 0.278. The number of carbonyl (C=O) groups is 1. The highest BCUT2D eigenvalue weighted by Gasteiger charge is 2.22. The van der Waals surface area contributed by atoms with Gasteiger partial charge < -0.3 is 14.3 Å². The van der Waals surface area contributed by atoms with Crippen LogP contribution in [0.2, 0.25) is 0 Å². The number of carbonyl (C=O) groups excluding carboxylic acids is 1. The lowest BCUT2D eigenvalue weighted by molar-refractivity contribution is 0.0910. The Bertz CT molecular complexity index is 904. The first-order valence-electron chi connectivity index (χ1n) is 7.58. The van der Waals surface area contributed by atoms with Crippen LogP contribution in [0.1, 0.15) is 36.8 Å². The van der Waals surface area contributed by atoms with E-state index in [9.17, 15) is 13.6 Å². The smallest absolute Gasteiger partial charge is 0.268 e. The van der Waals surface area contributed by atoms with E-state index >= 15 is 0 Å². The van der Waals surface area contributed by atoms with Crippen molar-refractivity contribution in [3.8, 4) is 0 Å². The molecule has 0 fully saturated rings. The first-order valence-corrected chi connectivity index (χ1v) is 7.58. The quantitative estimate of drug-likeness (QED) is 0.785. The van der Waals surface area contributed by atoms with Gasteiger partial charge in [-0.05, 0) is 26.8 Å². The van der Waals surface area contributed by atoms with Gasteiger partial charge in [0.1, 0.15) is 17.3 Å². The van der Waals surface area contributed by atoms with Crippen molar-refractivity contribution in [2.75, 3.05) is 0 Å². The summed E-state index contributed by atoms with van der Waals surface area (Å²) in [5.41, 5.74) is 1.46. The second-order valence-electron chi connectivity index (χ2n) is 6.73. The molecule has 6 heteroatoms. The van der Waals surface area contributed by atoms with E-state index in [-0.39, 0.29) is 12.5 Å². The first kappa shape index (κ1) is 16.2. The van der Waals surface area contributed by atoms with Crippen LogP contribution in [-0.2, 0) is 6.54 Å². The molecule has 0 saturated carbocycles. The zero-order valence-corrected chi connectivity index (χ0v) is 13.7. The van der Waals surface area contributed by atoms with E-state index in [1.54, 1.807) is 16.7 Å². The van der Waals surface area contributed by atoms with E-state index in [4.69, 9.17) is 4.42 Å². The Morgan fingerprint density at radius 1 is 1.21 bits per heavy atom. The summed E-state index contributed by atoms with van der Waals surface area (Å²) in [7, 11) is 0. The van der Waals surface area contributed by atoms with Crippen LogP contribution in [0.4, 0.5) is 8.78 Å². The number of furan rings is 1. The maximum Gasteiger partial charge on any atom is 0.268 e. The second kappa shape index (κ2) is 5.78. The van der Waals surface area contributed by atoms with Gasteiger partial charge in [-0.25, -0.2) is 8.78 Å². The fourth-order valence-corrected chi connectivity index (χ4v) is 2.56. The highest BCUT2D eigenvalue weighted by atomic mass is 19.1. The molecule has 4 nitrogen and oxygen atoms in total. The Labute approximate surface area is 138 Å². The van der Waals surface area contributed by atoms with E-state index in [1.807, 2.05) is 20.8 Å². The molecule has 0 bridgehead atoms. The molecule has 0 spiro atoms. The van der Waals surface area contributed by atoms with Gasteiger partial charge in [-0.2, -0.15) is 0 Å². The predicted octanol–water partition coefficient (Wildman–Crippen LogP) is 4.09. The Kier molecular flexibility index (Phi) is 3.91. The molecule has 0 aliphatic heterocycles. The van der Waals surface area contributed by atoms with Crippen molar-refractivity contribution in [3.05, 3.63) is 59.5 Å². The van der Waals surface area contributed by atoms with Crippen LogP contribution in [0.15, 0.2) is 41.0 Å². The number of nitrogens with one attached hydrogen (secondary N) is 1. The summed E-state index contributed by atoms with van der Waals surface area (Å²) in [5, 5.41) is 2.88. The van der Waals surface area contributed by atoms with E-state index < -0.39 is 17.2 Å². The summed E-state index contributed by atoms with van der Waals surface area (Å²) in [6, 6.07) is 6.74. The third-order valence-corrected chi connectivity index (χ3v) is 3.59. The van der Waals surface area contributed by atoms with Gasteiger partial charge in [0.05, 0.1) is 18.3 Å². The molecule has 2 heterocycles. The van der Waals surface area contributed by atoms with Gasteiger partial charge in [0.2, 0.25) is 0 Å². The SMILES string of the molecule is CC(C)(C)NC(=O)c1cc2occc2n1Cc1ccc(F)cc1F. The number of hydrogen-bond donors (Lipinski definition) is 1. The van der Waals surface area contributed by atoms with Crippen molar-refractivity contribution in [3.63, 3.8) is 0 Å². The summed E-state index contributed by atoms with van der Waals surface area (Å²) in [6.07, 6.45) is 1.51. The molecule has 2 aromatic heterocycles. The summed E-state index contributed by atoms with van der Waals surface area (Å²) in [6.45, 7) is 5.73. The summed E-state index contributed by atoms with van der Waals surface area (Å²) >= 11 is 0. The maximum absolute atomic E-state index is 14.0. The van der Waals surface area contributed by atoms with E-state index in [0.29, 0.717) is 22.4 Å². The van der Waals surface area contributed by atoms with Gasteiger partial charge in [0.25, 0.3) is 5.91 Å². The molecular weight excluding hydrogens is 314 g/mol. The van der Waals surface area contributed by atoms with Crippen molar-refractivity contribution < 1.29 is 18.0 Å². The molecule has 0 aliphatic carbocycles. The number of nitrogens with zero attached hydrogens (tertiary/aromatic N) is 1. The van der Waals surface area contributed by atoms with Crippen LogP contribution >= 0.6 is 0 Å². The lowest BCUT2D eigenvalue weighted by atomic mass is 10.1. The summed E-state index contributed by atoms with van der Waals surface area (Å²) < 4.78 is 34.1. The molecule has 1 aromatic carbocycles. The standard InChI is InChI=1S/C18H18F2N2O2/c1-18(2,3)21-17(23)15-9-16-14(6-7-24-16)22(15)10-11-4-5-12(19)8-13(11)20/h4-9H,10H2,1-3H3,(H,21,23). The van der Waals surface area contributed by atoms with Crippen molar-refractivity contribution in [2.45, 2.75) is 32.9 Å². The van der Waals surface area contributed by atoms with Gasteiger partial charge >= 0.3 is 0 Å². The zero-order valence-electron chi connectivity index (χ0n) is 13.7. The second-order valence-corrected chi connectivity index (χ2v) is 6.73. The van der Waals surface area contributed by atoms with E-state index in [2.05, 4.69) is 5.32 Å². The Morgan fingerprint density at radius 2 is 1.96 bits per heavy atom. The third kappa shape index (κ3) is 3.18. The molecule has 0 unspecified atom stereocenters. The third-order valence-electron chi connectivity index (χ3n) is 3.59.